The number of halogens is 1. The molecule has 3 N–H and O–H groups in total. The third-order valence-corrected chi connectivity index (χ3v) is 6.02. The zero-order valence-corrected chi connectivity index (χ0v) is 19.2. The van der Waals surface area contributed by atoms with Gasteiger partial charge in [0.1, 0.15) is 0 Å². The fraction of sp³-hybridized carbons (Fsp3) is 0.200. The number of aromatic amines is 1. The Morgan fingerprint density at radius 3 is 2.53 bits per heavy atom. The average molecular weight is 477 g/mol. The van der Waals surface area contributed by atoms with E-state index in [9.17, 15) is 9.59 Å². The van der Waals surface area contributed by atoms with E-state index >= 15 is 0 Å². The minimum absolute atomic E-state index is 0. The highest BCUT2D eigenvalue weighted by atomic mass is 35.5. The summed E-state index contributed by atoms with van der Waals surface area (Å²) >= 11 is 0. The van der Waals surface area contributed by atoms with Crippen LogP contribution in [0.5, 0.6) is 0 Å². The van der Waals surface area contributed by atoms with Crippen LogP contribution in [0.4, 0.5) is 17.1 Å². The number of amides is 2. The van der Waals surface area contributed by atoms with Gasteiger partial charge in [-0.25, -0.2) is 0 Å². The Hall–Kier alpha value is -3.91. The third kappa shape index (κ3) is 5.02. The molecule has 2 aromatic carbocycles. The fourth-order valence-corrected chi connectivity index (χ4v) is 4.19. The van der Waals surface area contributed by atoms with Crippen LogP contribution in [0.15, 0.2) is 73.2 Å². The summed E-state index contributed by atoms with van der Waals surface area (Å²) in [6.07, 6.45) is 6.80. The molecule has 1 saturated heterocycles. The molecule has 174 valence electrons. The summed E-state index contributed by atoms with van der Waals surface area (Å²) in [5.41, 5.74) is 3.55. The lowest BCUT2D eigenvalue weighted by Gasteiger charge is -2.33. The minimum atomic E-state index is -0.280. The van der Waals surface area contributed by atoms with Crippen molar-refractivity contribution in [3.8, 4) is 0 Å². The number of nitrogens with zero attached hydrogens (tertiary/aromatic N) is 3. The van der Waals surface area contributed by atoms with Gasteiger partial charge in [-0.3, -0.25) is 19.7 Å². The van der Waals surface area contributed by atoms with Crippen molar-refractivity contribution < 1.29 is 9.59 Å². The zero-order chi connectivity index (χ0) is 22.6. The molecule has 0 saturated carbocycles. The maximum absolute atomic E-state index is 13.0. The smallest absolute Gasteiger partial charge is 0.257 e. The Morgan fingerprint density at radius 2 is 1.74 bits per heavy atom. The van der Waals surface area contributed by atoms with E-state index in [0.29, 0.717) is 16.9 Å². The molecule has 2 amide bonds. The Morgan fingerprint density at radius 1 is 0.971 bits per heavy atom. The maximum Gasteiger partial charge on any atom is 0.257 e. The van der Waals surface area contributed by atoms with E-state index in [0.717, 1.165) is 42.5 Å². The first-order valence-electron chi connectivity index (χ1n) is 11.0. The molecule has 0 aliphatic carbocycles. The van der Waals surface area contributed by atoms with Crippen LogP contribution in [0.25, 0.3) is 10.9 Å². The van der Waals surface area contributed by atoms with Gasteiger partial charge in [0.2, 0.25) is 5.91 Å². The lowest BCUT2D eigenvalue weighted by molar-refractivity contribution is -0.120. The number of aromatic nitrogens is 3. The van der Waals surface area contributed by atoms with Crippen molar-refractivity contribution in [3.05, 3.63) is 78.8 Å². The van der Waals surface area contributed by atoms with Crippen molar-refractivity contribution in [1.29, 1.82) is 0 Å². The van der Waals surface area contributed by atoms with Gasteiger partial charge in [-0.2, -0.15) is 5.10 Å². The summed E-state index contributed by atoms with van der Waals surface area (Å²) in [4.78, 5) is 32.3. The molecule has 0 unspecified atom stereocenters. The van der Waals surface area contributed by atoms with Gasteiger partial charge in [0.15, 0.2) is 0 Å². The maximum atomic E-state index is 13.0. The Kier molecular flexibility index (Phi) is 7.08. The molecule has 9 heteroatoms. The predicted molar refractivity (Wildman–Crippen MR) is 136 cm³/mol. The van der Waals surface area contributed by atoms with Crippen molar-refractivity contribution >= 4 is 52.2 Å². The second kappa shape index (κ2) is 10.4. The highest BCUT2D eigenvalue weighted by Crippen LogP contribution is 2.25. The highest BCUT2D eigenvalue weighted by Gasteiger charge is 2.26. The van der Waals surface area contributed by atoms with E-state index in [4.69, 9.17) is 0 Å². The van der Waals surface area contributed by atoms with Crippen molar-refractivity contribution in [2.45, 2.75) is 12.8 Å². The summed E-state index contributed by atoms with van der Waals surface area (Å²) < 4.78 is 0. The summed E-state index contributed by atoms with van der Waals surface area (Å²) in [6.45, 7) is 1.61. The third-order valence-electron chi connectivity index (χ3n) is 6.02. The molecule has 0 radical (unpaired) electrons. The lowest BCUT2D eigenvalue weighted by Crippen LogP contribution is -2.38. The van der Waals surface area contributed by atoms with Crippen molar-refractivity contribution in [1.82, 2.24) is 15.2 Å². The normalized spacial score (nSPS) is 13.8. The number of H-pyrrole nitrogens is 1. The number of nitrogens with one attached hydrogen (secondary N) is 3. The largest absolute Gasteiger partial charge is 0.371 e. The van der Waals surface area contributed by atoms with Crippen molar-refractivity contribution in [2.24, 2.45) is 5.92 Å². The van der Waals surface area contributed by atoms with Crippen LogP contribution in [0.2, 0.25) is 0 Å². The Labute approximate surface area is 203 Å². The molecule has 5 rings (SSSR count). The van der Waals surface area contributed by atoms with Crippen LogP contribution in [0, 0.1) is 5.92 Å². The molecule has 8 nitrogen and oxygen atoms in total. The molecular formula is C25H25ClN6O2. The Balaban J connectivity index is 0.00000274. The number of hydrogen-bond donors (Lipinski definition) is 3. The zero-order valence-electron chi connectivity index (χ0n) is 18.4. The molecular weight excluding hydrogens is 452 g/mol. The number of hydrogen-bond acceptors (Lipinski definition) is 5. The van der Waals surface area contributed by atoms with Gasteiger partial charge >= 0.3 is 0 Å². The lowest BCUT2D eigenvalue weighted by atomic mass is 9.95. The van der Waals surface area contributed by atoms with Crippen molar-refractivity contribution in [3.63, 3.8) is 0 Å². The quantitative estimate of drug-likeness (QED) is 0.394. The molecule has 2 aromatic heterocycles. The number of piperidine rings is 1. The SMILES string of the molecule is Cl.O=C(Nc1ccc2cn[nH]c2c1)c1ccccc1NC(=O)C1CCN(c2ccncc2)CC1. The number of fused-ring (bicyclic) bond motifs is 1. The van der Waals surface area contributed by atoms with Crippen LogP contribution >= 0.6 is 12.4 Å². The summed E-state index contributed by atoms with van der Waals surface area (Å²) in [7, 11) is 0. The van der Waals surface area contributed by atoms with Gasteiger partial charge in [0, 0.05) is 48.2 Å². The number of pyridine rings is 1. The second-order valence-electron chi connectivity index (χ2n) is 8.13. The number of carbonyl (C=O) groups is 2. The Bertz CT molecular complexity index is 1280. The first-order valence-corrected chi connectivity index (χ1v) is 11.0. The second-order valence-corrected chi connectivity index (χ2v) is 8.13. The molecule has 0 spiro atoms. The monoisotopic (exact) mass is 476 g/mol. The first kappa shape index (κ1) is 23.3. The van der Waals surface area contributed by atoms with E-state index in [1.807, 2.05) is 36.4 Å². The van der Waals surface area contributed by atoms with Gasteiger partial charge < -0.3 is 15.5 Å². The number of benzene rings is 2. The predicted octanol–water partition coefficient (Wildman–Crippen LogP) is 4.49. The van der Waals surface area contributed by atoms with Crippen LogP contribution in [-0.4, -0.2) is 40.1 Å². The van der Waals surface area contributed by atoms with Gasteiger partial charge in [-0.15, -0.1) is 12.4 Å². The minimum Gasteiger partial charge on any atom is -0.371 e. The van der Waals surface area contributed by atoms with Crippen molar-refractivity contribution in [2.75, 3.05) is 28.6 Å². The molecule has 0 bridgehead atoms. The van der Waals surface area contributed by atoms with Gasteiger partial charge in [0.05, 0.1) is 23.0 Å². The van der Waals surface area contributed by atoms with Crippen LogP contribution in [0.3, 0.4) is 0 Å². The number of anilines is 3. The number of para-hydroxylation sites is 1. The van der Waals surface area contributed by atoms with Crippen LogP contribution in [-0.2, 0) is 4.79 Å². The number of carbonyl (C=O) groups excluding carboxylic acids is 2. The highest BCUT2D eigenvalue weighted by molar-refractivity contribution is 6.10. The van der Waals surface area contributed by atoms with E-state index in [-0.39, 0.29) is 30.1 Å². The van der Waals surface area contributed by atoms with Crippen LogP contribution in [0.1, 0.15) is 23.2 Å². The summed E-state index contributed by atoms with van der Waals surface area (Å²) in [5.74, 6) is -0.428. The molecule has 4 aromatic rings. The van der Waals surface area contributed by atoms with Gasteiger partial charge in [-0.1, -0.05) is 12.1 Å². The molecule has 1 aliphatic heterocycles. The van der Waals surface area contributed by atoms with E-state index in [1.165, 1.54) is 0 Å². The molecule has 34 heavy (non-hydrogen) atoms. The van der Waals surface area contributed by atoms with Gasteiger partial charge in [-0.05, 0) is 55.3 Å². The molecule has 1 fully saturated rings. The molecule has 1 aliphatic rings. The standard InChI is InChI=1S/C25H24N6O2.ClH/c32-24(17-9-13-31(14-10-17)20-7-11-26-12-8-20)29-22-4-2-1-3-21(22)25(33)28-19-6-5-18-16-27-30-23(18)15-19;/h1-8,11-12,15-17H,9-10,13-14H2,(H,27,30)(H,28,33)(H,29,32);1H. The molecule has 0 atom stereocenters. The topological polar surface area (TPSA) is 103 Å². The average Bonchev–Trinajstić information content (AvgIpc) is 3.33. The summed E-state index contributed by atoms with van der Waals surface area (Å²) in [5, 5.41) is 13.8. The summed E-state index contributed by atoms with van der Waals surface area (Å²) in [6, 6.07) is 16.6. The van der Waals surface area contributed by atoms with Gasteiger partial charge in [0.25, 0.3) is 5.91 Å². The molecule has 3 heterocycles. The van der Waals surface area contributed by atoms with E-state index in [2.05, 4.69) is 30.7 Å². The first-order chi connectivity index (χ1) is 16.2. The van der Waals surface area contributed by atoms with E-state index < -0.39 is 0 Å². The number of rotatable bonds is 5. The van der Waals surface area contributed by atoms with Crippen LogP contribution < -0.4 is 15.5 Å². The fourth-order valence-electron chi connectivity index (χ4n) is 4.19. The van der Waals surface area contributed by atoms with E-state index in [1.54, 1.807) is 36.8 Å².